The van der Waals surface area contributed by atoms with Crippen molar-refractivity contribution in [2.24, 2.45) is 0 Å². The third kappa shape index (κ3) is 2.97. The van der Waals surface area contributed by atoms with Crippen LogP contribution < -0.4 is 0 Å². The minimum absolute atomic E-state index is 0.0434. The fourth-order valence-electron chi connectivity index (χ4n) is 1.96. The molecule has 0 saturated carbocycles. The molecule has 1 aromatic rings. The van der Waals surface area contributed by atoms with E-state index in [1.165, 1.54) is 13.1 Å². The molecular weight excluding hydrogens is 330 g/mol. The van der Waals surface area contributed by atoms with E-state index in [-0.39, 0.29) is 15.7 Å². The third-order valence-corrected chi connectivity index (χ3v) is 8.86. The Morgan fingerprint density at radius 1 is 1.47 bits per heavy atom. The van der Waals surface area contributed by atoms with Crippen LogP contribution in [-0.2, 0) is 19.9 Å². The molecule has 1 aliphatic rings. The molecule has 1 atom stereocenters. The summed E-state index contributed by atoms with van der Waals surface area (Å²) in [5, 5.41) is 0. The lowest BCUT2D eigenvalue weighted by atomic mass is 10.3. The van der Waals surface area contributed by atoms with E-state index < -0.39 is 25.9 Å². The molecule has 0 aromatic carbocycles. The minimum atomic E-state index is -3.67. The standard InChI is InChI=1S/C10H14ClNO4S3/c1-7-5-9(17-10(7)11)19(15,16)12(2)8-3-4-18(13,14)6-8/h5,8H,3-4,6H2,1-2H3. The van der Waals surface area contributed by atoms with Crippen molar-refractivity contribution in [3.63, 3.8) is 0 Å². The molecule has 1 aliphatic heterocycles. The lowest BCUT2D eigenvalue weighted by molar-refractivity contribution is 0.395. The molecule has 2 rings (SSSR count). The smallest absolute Gasteiger partial charge is 0.229 e. The van der Waals surface area contributed by atoms with Crippen LogP contribution in [0.5, 0.6) is 0 Å². The summed E-state index contributed by atoms with van der Waals surface area (Å²) >= 11 is 6.88. The number of halogens is 1. The van der Waals surface area contributed by atoms with Gasteiger partial charge in [-0.1, -0.05) is 11.6 Å². The summed E-state index contributed by atoms with van der Waals surface area (Å²) in [5.74, 6) is -0.0669. The van der Waals surface area contributed by atoms with Crippen molar-refractivity contribution < 1.29 is 16.8 Å². The van der Waals surface area contributed by atoms with Gasteiger partial charge in [0.15, 0.2) is 9.84 Å². The Balaban J connectivity index is 2.30. The normalized spacial score (nSPS) is 23.1. The van der Waals surface area contributed by atoms with Crippen LogP contribution in [0.1, 0.15) is 12.0 Å². The van der Waals surface area contributed by atoms with E-state index in [0.717, 1.165) is 15.6 Å². The van der Waals surface area contributed by atoms with Crippen molar-refractivity contribution in [3.05, 3.63) is 16.0 Å². The zero-order chi connectivity index (χ0) is 14.4. The molecule has 5 nitrogen and oxygen atoms in total. The fourth-order valence-corrected chi connectivity index (χ4v) is 7.11. The first-order valence-corrected chi connectivity index (χ1v) is 10.0. The second-order valence-corrected chi connectivity index (χ2v) is 10.7. The van der Waals surface area contributed by atoms with Gasteiger partial charge in [0.1, 0.15) is 4.21 Å². The van der Waals surface area contributed by atoms with E-state index in [4.69, 9.17) is 11.6 Å². The van der Waals surface area contributed by atoms with Gasteiger partial charge in [0, 0.05) is 13.1 Å². The van der Waals surface area contributed by atoms with Gasteiger partial charge in [0.25, 0.3) is 10.0 Å². The fraction of sp³-hybridized carbons (Fsp3) is 0.600. The molecule has 0 spiro atoms. The molecule has 0 aliphatic carbocycles. The number of rotatable bonds is 3. The summed E-state index contributed by atoms with van der Waals surface area (Å²) in [7, 11) is -5.37. The molecule has 1 saturated heterocycles. The lowest BCUT2D eigenvalue weighted by Gasteiger charge is -2.21. The number of nitrogens with zero attached hydrogens (tertiary/aromatic N) is 1. The number of sulfone groups is 1. The van der Waals surface area contributed by atoms with Crippen molar-refractivity contribution in [1.82, 2.24) is 4.31 Å². The lowest BCUT2D eigenvalue weighted by Crippen LogP contribution is -2.37. The first kappa shape index (κ1) is 15.2. The van der Waals surface area contributed by atoms with Gasteiger partial charge in [-0.2, -0.15) is 4.31 Å². The summed E-state index contributed by atoms with van der Waals surface area (Å²) in [6.45, 7) is 1.73. The summed E-state index contributed by atoms with van der Waals surface area (Å²) in [5.41, 5.74) is 0.706. The molecule has 0 radical (unpaired) electrons. The van der Waals surface area contributed by atoms with Crippen molar-refractivity contribution in [1.29, 1.82) is 0 Å². The number of hydrogen-bond acceptors (Lipinski definition) is 5. The molecule has 2 heterocycles. The molecule has 9 heteroatoms. The maximum Gasteiger partial charge on any atom is 0.252 e. The van der Waals surface area contributed by atoms with Crippen molar-refractivity contribution in [3.8, 4) is 0 Å². The molecular formula is C10H14ClNO4S3. The minimum Gasteiger partial charge on any atom is -0.229 e. The highest BCUT2D eigenvalue weighted by Crippen LogP contribution is 2.33. The van der Waals surface area contributed by atoms with Crippen LogP contribution >= 0.6 is 22.9 Å². The number of aryl methyl sites for hydroxylation is 1. The van der Waals surface area contributed by atoms with Crippen LogP contribution in [-0.4, -0.2) is 45.7 Å². The summed E-state index contributed by atoms with van der Waals surface area (Å²) in [6, 6.07) is 1.03. The molecule has 1 fully saturated rings. The highest BCUT2D eigenvalue weighted by molar-refractivity contribution is 7.92. The van der Waals surface area contributed by atoms with Crippen molar-refractivity contribution >= 4 is 42.8 Å². The summed E-state index contributed by atoms with van der Waals surface area (Å²) < 4.78 is 49.4. The first-order chi connectivity index (χ1) is 8.63. The van der Waals surface area contributed by atoms with Gasteiger partial charge in [-0.05, 0) is 25.0 Å². The van der Waals surface area contributed by atoms with Gasteiger partial charge >= 0.3 is 0 Å². The average molecular weight is 344 g/mol. The van der Waals surface area contributed by atoms with Gasteiger partial charge in [0.2, 0.25) is 0 Å². The van der Waals surface area contributed by atoms with E-state index >= 15 is 0 Å². The molecule has 0 bridgehead atoms. The zero-order valence-electron chi connectivity index (χ0n) is 10.5. The molecule has 19 heavy (non-hydrogen) atoms. The van der Waals surface area contributed by atoms with Crippen LogP contribution in [0.25, 0.3) is 0 Å². The van der Waals surface area contributed by atoms with Crippen molar-refractivity contribution in [2.45, 2.75) is 23.6 Å². The Morgan fingerprint density at radius 3 is 2.53 bits per heavy atom. The summed E-state index contributed by atoms with van der Waals surface area (Å²) in [6.07, 6.45) is 0.343. The predicted octanol–water partition coefficient (Wildman–Crippen LogP) is 1.52. The second kappa shape index (κ2) is 5.00. The largest absolute Gasteiger partial charge is 0.252 e. The molecule has 0 amide bonds. The van der Waals surface area contributed by atoms with Crippen LogP contribution in [0, 0.1) is 6.92 Å². The molecule has 1 aromatic heterocycles. The third-order valence-electron chi connectivity index (χ3n) is 3.19. The number of sulfonamides is 1. The number of thiophene rings is 1. The first-order valence-electron chi connectivity index (χ1n) is 5.58. The van der Waals surface area contributed by atoms with Crippen LogP contribution in [0.3, 0.4) is 0 Å². The van der Waals surface area contributed by atoms with Gasteiger partial charge in [-0.25, -0.2) is 16.8 Å². The predicted molar refractivity (Wildman–Crippen MR) is 76.1 cm³/mol. The average Bonchev–Trinajstić information content (AvgIpc) is 2.82. The topological polar surface area (TPSA) is 71.5 Å². The van der Waals surface area contributed by atoms with Gasteiger partial charge < -0.3 is 0 Å². The van der Waals surface area contributed by atoms with E-state index in [2.05, 4.69) is 0 Å². The quantitative estimate of drug-likeness (QED) is 0.834. The Morgan fingerprint density at radius 2 is 2.11 bits per heavy atom. The molecule has 108 valence electrons. The van der Waals surface area contributed by atoms with Gasteiger partial charge in [-0.15, -0.1) is 11.3 Å². The summed E-state index contributed by atoms with van der Waals surface area (Å²) in [4.78, 5) is 0. The Kier molecular flexibility index (Phi) is 4.01. The number of hydrogen-bond donors (Lipinski definition) is 0. The van der Waals surface area contributed by atoms with E-state index in [1.807, 2.05) is 0 Å². The maximum absolute atomic E-state index is 12.4. The van der Waals surface area contributed by atoms with E-state index in [1.54, 1.807) is 6.92 Å². The van der Waals surface area contributed by atoms with E-state index in [0.29, 0.717) is 16.3 Å². The van der Waals surface area contributed by atoms with Gasteiger partial charge in [-0.3, -0.25) is 0 Å². The van der Waals surface area contributed by atoms with Crippen LogP contribution in [0.2, 0.25) is 4.34 Å². The molecule has 1 unspecified atom stereocenters. The second-order valence-electron chi connectivity index (χ2n) is 4.60. The highest BCUT2D eigenvalue weighted by atomic mass is 35.5. The Hall–Kier alpha value is -0.150. The molecule has 0 N–H and O–H groups in total. The van der Waals surface area contributed by atoms with E-state index in [9.17, 15) is 16.8 Å². The van der Waals surface area contributed by atoms with Gasteiger partial charge in [0.05, 0.1) is 15.8 Å². The van der Waals surface area contributed by atoms with Crippen LogP contribution in [0.4, 0.5) is 0 Å². The van der Waals surface area contributed by atoms with Crippen LogP contribution in [0.15, 0.2) is 10.3 Å². The Bertz CT molecular complexity index is 673. The SMILES string of the molecule is Cc1cc(S(=O)(=O)N(C)C2CCS(=O)(=O)C2)sc1Cl. The van der Waals surface area contributed by atoms with Crippen molar-refractivity contribution in [2.75, 3.05) is 18.6 Å². The monoisotopic (exact) mass is 343 g/mol. The maximum atomic E-state index is 12.4. The zero-order valence-corrected chi connectivity index (χ0v) is 13.7. The Labute approximate surface area is 122 Å². The highest BCUT2D eigenvalue weighted by Gasteiger charge is 2.37.